The zero-order valence-corrected chi connectivity index (χ0v) is 8.64. The van der Waals surface area contributed by atoms with Crippen molar-refractivity contribution in [2.75, 3.05) is 0 Å². The Morgan fingerprint density at radius 1 is 1.10 bits per heavy atom. The molecule has 0 aromatic carbocycles. The Kier molecular flexibility index (Phi) is 22.0. The third-order valence-electron chi connectivity index (χ3n) is 1.35. The zero-order valence-electron chi connectivity index (χ0n) is 6.71. The Bertz CT molecular complexity index is 34.2. The minimum absolute atomic E-state index is 1.11. The number of unbranched alkanes of at least 4 members (excludes halogenated alkanes) is 5. The van der Waals surface area contributed by atoms with Crippen LogP contribution in [0.4, 0.5) is 0 Å². The molecule has 0 atom stereocenters. The van der Waals surface area contributed by atoms with Gasteiger partial charge in [0.25, 0.3) is 0 Å². The molecule has 0 nitrogen and oxygen atoms in total. The molecule has 0 aliphatic carbocycles. The van der Waals surface area contributed by atoms with Crippen LogP contribution < -0.4 is 0 Å². The van der Waals surface area contributed by atoms with Gasteiger partial charge in [0.2, 0.25) is 0 Å². The summed E-state index contributed by atoms with van der Waals surface area (Å²) in [4.78, 5) is 0. The third-order valence-corrected chi connectivity index (χ3v) is 1.35. The third kappa shape index (κ3) is 15.9. The average Bonchev–Trinajstić information content (AvgIpc) is 2.02. The topological polar surface area (TPSA) is 0 Å². The second-order valence-electron chi connectivity index (χ2n) is 2.27. The van der Waals surface area contributed by atoms with Gasteiger partial charge >= 0.3 is 25.2 Å². The summed E-state index contributed by atoms with van der Waals surface area (Å²) in [5.74, 6) is 0. The van der Waals surface area contributed by atoms with Gasteiger partial charge in [-0.1, -0.05) is 39.0 Å². The van der Waals surface area contributed by atoms with Crippen LogP contribution in [0, 0.1) is 6.92 Å². The van der Waals surface area contributed by atoms with E-state index in [-0.39, 0.29) is 0 Å². The van der Waals surface area contributed by atoms with E-state index >= 15 is 0 Å². The van der Waals surface area contributed by atoms with Gasteiger partial charge in [-0.3, -0.25) is 0 Å². The summed E-state index contributed by atoms with van der Waals surface area (Å²) in [6.45, 7) is 6.02. The molecule has 0 unspecified atom stereocenters. The number of rotatable bonds is 5. The van der Waals surface area contributed by atoms with Crippen LogP contribution in [0.25, 0.3) is 0 Å². The van der Waals surface area contributed by atoms with Crippen LogP contribution in [0.15, 0.2) is 0 Å². The standard InChI is InChI=1S/C8H17.ClH.Mn/c1-3-5-7-8-6-4-2;;/h1,3-8H2,2H3;1H;/q-1;;+2/p-1. The molecular weight excluding hydrogens is 186 g/mol. The van der Waals surface area contributed by atoms with Crippen molar-refractivity contribution in [2.24, 2.45) is 0 Å². The first-order chi connectivity index (χ1) is 4.91. The van der Waals surface area contributed by atoms with Crippen LogP contribution in [0.3, 0.4) is 0 Å². The minimum atomic E-state index is 1.11. The van der Waals surface area contributed by atoms with Gasteiger partial charge in [0, 0.05) is 0 Å². The Morgan fingerprint density at radius 3 is 2.00 bits per heavy atom. The van der Waals surface area contributed by atoms with E-state index in [1.807, 2.05) is 0 Å². The fraction of sp³-hybridized carbons (Fsp3) is 0.875. The molecule has 0 aliphatic heterocycles. The molecule has 2 heteroatoms. The fourth-order valence-electron chi connectivity index (χ4n) is 0.780. The second kappa shape index (κ2) is 16.4. The average molecular weight is 204 g/mol. The van der Waals surface area contributed by atoms with Crippen LogP contribution in [0.5, 0.6) is 0 Å². The van der Waals surface area contributed by atoms with Gasteiger partial charge < -0.3 is 6.92 Å². The second-order valence-corrected chi connectivity index (χ2v) is 2.27. The summed E-state index contributed by atoms with van der Waals surface area (Å²) in [6.07, 6.45) is 7.98. The van der Waals surface area contributed by atoms with Crippen LogP contribution in [-0.2, 0) is 15.1 Å². The van der Waals surface area contributed by atoms with Crippen molar-refractivity contribution < 1.29 is 15.1 Å². The Labute approximate surface area is 77.8 Å². The van der Waals surface area contributed by atoms with Crippen molar-refractivity contribution in [2.45, 2.75) is 45.4 Å². The fourth-order valence-corrected chi connectivity index (χ4v) is 0.780. The summed E-state index contributed by atoms with van der Waals surface area (Å²) in [5.41, 5.74) is 0. The molecule has 0 heterocycles. The van der Waals surface area contributed by atoms with E-state index in [1.54, 1.807) is 0 Å². The van der Waals surface area contributed by atoms with Gasteiger partial charge in [0.05, 0.1) is 0 Å². The van der Waals surface area contributed by atoms with Crippen molar-refractivity contribution >= 4 is 10.1 Å². The van der Waals surface area contributed by atoms with E-state index in [0.29, 0.717) is 0 Å². The van der Waals surface area contributed by atoms with Gasteiger partial charge in [-0.15, -0.1) is 0 Å². The van der Waals surface area contributed by atoms with Gasteiger partial charge in [-0.2, -0.15) is 6.42 Å². The van der Waals surface area contributed by atoms with Crippen LogP contribution in [-0.4, -0.2) is 0 Å². The van der Waals surface area contributed by atoms with Gasteiger partial charge in [0.1, 0.15) is 0 Å². The van der Waals surface area contributed by atoms with Crippen molar-refractivity contribution in [3.05, 3.63) is 6.92 Å². The molecule has 0 spiro atoms. The summed E-state index contributed by atoms with van der Waals surface area (Å²) < 4.78 is 0. The molecule has 0 N–H and O–H groups in total. The molecule has 0 saturated carbocycles. The van der Waals surface area contributed by atoms with Crippen LogP contribution >= 0.6 is 10.1 Å². The maximum atomic E-state index is 4.45. The summed E-state index contributed by atoms with van der Waals surface area (Å²) >= 11 is 2.41. The van der Waals surface area contributed by atoms with Crippen molar-refractivity contribution in [1.82, 2.24) is 0 Å². The molecule has 0 bridgehead atoms. The summed E-state index contributed by atoms with van der Waals surface area (Å²) in [5, 5.41) is 0. The molecule has 0 saturated heterocycles. The molecule has 0 aromatic heterocycles. The van der Waals surface area contributed by atoms with Crippen molar-refractivity contribution in [1.29, 1.82) is 0 Å². The predicted molar refractivity (Wildman–Crippen MR) is 44.6 cm³/mol. The van der Waals surface area contributed by atoms with E-state index in [2.05, 4.69) is 39.0 Å². The van der Waals surface area contributed by atoms with Crippen molar-refractivity contribution in [3.63, 3.8) is 0 Å². The molecular formula is C8H17ClMn. The van der Waals surface area contributed by atoms with Crippen molar-refractivity contribution in [3.8, 4) is 0 Å². The summed E-state index contributed by atoms with van der Waals surface area (Å²) in [7, 11) is 4.45. The molecule has 10 heavy (non-hydrogen) atoms. The molecule has 0 rings (SSSR count). The number of hydrogen-bond acceptors (Lipinski definition) is 0. The van der Waals surface area contributed by atoms with Crippen LogP contribution in [0.2, 0.25) is 0 Å². The SMILES string of the molecule is [CH2-]CCCCCCC.[Cl][Mn+]. The first kappa shape index (κ1) is 13.4. The summed E-state index contributed by atoms with van der Waals surface area (Å²) in [6, 6.07) is 0. The Morgan fingerprint density at radius 2 is 1.60 bits per heavy atom. The quantitative estimate of drug-likeness (QED) is 0.362. The number of hydrogen-bond donors (Lipinski definition) is 0. The van der Waals surface area contributed by atoms with Gasteiger partial charge in [0.15, 0.2) is 0 Å². The normalized spacial score (nSPS) is 8.30. The van der Waals surface area contributed by atoms with E-state index in [1.165, 1.54) is 32.1 Å². The molecule has 0 amide bonds. The first-order valence-corrected chi connectivity index (χ1v) is 5.47. The molecule has 0 aromatic rings. The van der Waals surface area contributed by atoms with E-state index in [4.69, 9.17) is 0 Å². The molecule has 0 aliphatic rings. The molecule has 0 fully saturated rings. The molecule has 63 valence electrons. The maximum absolute atomic E-state index is 4.45. The zero-order chi connectivity index (χ0) is 8.24. The first-order valence-electron chi connectivity index (χ1n) is 3.85. The molecule has 0 radical (unpaired) electrons. The van der Waals surface area contributed by atoms with E-state index in [9.17, 15) is 0 Å². The predicted octanol–water partition coefficient (Wildman–Crippen LogP) is 3.87. The Hall–Kier alpha value is 0.809. The van der Waals surface area contributed by atoms with Gasteiger partial charge in [-0.25, -0.2) is 0 Å². The van der Waals surface area contributed by atoms with E-state index in [0.717, 1.165) is 6.42 Å². The van der Waals surface area contributed by atoms with Crippen LogP contribution in [0.1, 0.15) is 45.4 Å². The van der Waals surface area contributed by atoms with Gasteiger partial charge in [-0.05, 0) is 0 Å². The monoisotopic (exact) mass is 203 g/mol. The Balaban J connectivity index is 0. The van der Waals surface area contributed by atoms with E-state index < -0.39 is 0 Å². The number of halogens is 1.